The number of carbonyl (C=O) groups is 1. The Morgan fingerprint density at radius 3 is 2.78 bits per heavy atom. The third kappa shape index (κ3) is 3.22. The Hall–Kier alpha value is -1.09. The first-order chi connectivity index (χ1) is 8.56. The molecule has 2 unspecified atom stereocenters. The van der Waals surface area contributed by atoms with Crippen molar-refractivity contribution in [2.75, 3.05) is 0 Å². The van der Waals surface area contributed by atoms with E-state index in [1.165, 1.54) is 6.42 Å². The normalized spacial score (nSPS) is 23.7. The van der Waals surface area contributed by atoms with Crippen LogP contribution in [-0.2, 0) is 4.74 Å². The van der Waals surface area contributed by atoms with Crippen molar-refractivity contribution in [2.24, 2.45) is 5.92 Å². The molecule has 18 heavy (non-hydrogen) atoms. The molecule has 2 atom stereocenters. The van der Waals surface area contributed by atoms with Crippen LogP contribution < -0.4 is 0 Å². The number of carbonyl (C=O) groups excluding carboxylic acids is 1. The number of halogens is 1. The van der Waals surface area contributed by atoms with Gasteiger partial charge in [0.2, 0.25) is 0 Å². The van der Waals surface area contributed by atoms with Crippen LogP contribution in [0, 0.1) is 12.8 Å². The SMILES string of the molecule is Cc1cc(C(=O)OC2CCCCC2C)cc(Cl)n1. The minimum Gasteiger partial charge on any atom is -0.458 e. The zero-order chi connectivity index (χ0) is 13.1. The zero-order valence-electron chi connectivity index (χ0n) is 10.8. The Morgan fingerprint density at radius 2 is 2.11 bits per heavy atom. The van der Waals surface area contributed by atoms with Gasteiger partial charge in [-0.1, -0.05) is 24.9 Å². The third-order valence-electron chi connectivity index (χ3n) is 3.45. The van der Waals surface area contributed by atoms with Gasteiger partial charge in [0.05, 0.1) is 5.56 Å². The van der Waals surface area contributed by atoms with Gasteiger partial charge in [-0.15, -0.1) is 0 Å². The van der Waals surface area contributed by atoms with E-state index in [-0.39, 0.29) is 12.1 Å². The van der Waals surface area contributed by atoms with Gasteiger partial charge >= 0.3 is 5.97 Å². The molecule has 1 fully saturated rings. The van der Waals surface area contributed by atoms with Crippen molar-refractivity contribution < 1.29 is 9.53 Å². The highest BCUT2D eigenvalue weighted by Crippen LogP contribution is 2.27. The summed E-state index contributed by atoms with van der Waals surface area (Å²) in [6, 6.07) is 3.27. The monoisotopic (exact) mass is 267 g/mol. The van der Waals surface area contributed by atoms with Crippen LogP contribution >= 0.6 is 11.6 Å². The minimum atomic E-state index is -0.291. The Bertz CT molecular complexity index is 427. The van der Waals surface area contributed by atoms with Crippen molar-refractivity contribution in [1.82, 2.24) is 4.98 Å². The highest BCUT2D eigenvalue weighted by Gasteiger charge is 2.25. The van der Waals surface area contributed by atoms with Gasteiger partial charge in [-0.05, 0) is 44.2 Å². The number of aromatic nitrogens is 1. The van der Waals surface area contributed by atoms with E-state index < -0.39 is 0 Å². The van der Waals surface area contributed by atoms with E-state index in [2.05, 4.69) is 11.9 Å². The van der Waals surface area contributed by atoms with Gasteiger partial charge in [0.15, 0.2) is 0 Å². The first-order valence-electron chi connectivity index (χ1n) is 6.41. The molecule has 1 heterocycles. The highest BCUT2D eigenvalue weighted by atomic mass is 35.5. The van der Waals surface area contributed by atoms with Crippen molar-refractivity contribution in [2.45, 2.75) is 45.6 Å². The number of aryl methyl sites for hydroxylation is 1. The molecule has 98 valence electrons. The first-order valence-corrected chi connectivity index (χ1v) is 6.79. The molecule has 1 aliphatic rings. The Kier molecular flexibility index (Phi) is 4.23. The van der Waals surface area contributed by atoms with Crippen molar-refractivity contribution >= 4 is 17.6 Å². The number of hydrogen-bond donors (Lipinski definition) is 0. The summed E-state index contributed by atoms with van der Waals surface area (Å²) >= 11 is 5.85. The molecular weight excluding hydrogens is 250 g/mol. The standard InChI is InChI=1S/C14H18ClNO2/c1-9-5-3-4-6-12(9)18-14(17)11-7-10(2)16-13(15)8-11/h7-9,12H,3-6H2,1-2H3. The lowest BCUT2D eigenvalue weighted by atomic mass is 9.88. The molecule has 1 saturated carbocycles. The number of nitrogens with zero attached hydrogens (tertiary/aromatic N) is 1. The molecule has 0 aromatic carbocycles. The lowest BCUT2D eigenvalue weighted by Crippen LogP contribution is -2.28. The molecule has 0 aliphatic heterocycles. The van der Waals surface area contributed by atoms with Crippen LogP contribution in [0.1, 0.15) is 48.7 Å². The van der Waals surface area contributed by atoms with E-state index in [0.29, 0.717) is 16.6 Å². The van der Waals surface area contributed by atoms with E-state index >= 15 is 0 Å². The number of hydrogen-bond acceptors (Lipinski definition) is 3. The molecule has 3 nitrogen and oxygen atoms in total. The van der Waals surface area contributed by atoms with Crippen LogP contribution in [-0.4, -0.2) is 17.1 Å². The van der Waals surface area contributed by atoms with Gasteiger partial charge < -0.3 is 4.74 Å². The maximum Gasteiger partial charge on any atom is 0.338 e. The predicted octanol–water partition coefficient (Wildman–Crippen LogP) is 3.78. The summed E-state index contributed by atoms with van der Waals surface area (Å²) in [6.45, 7) is 3.95. The van der Waals surface area contributed by atoms with Crippen LogP contribution in [0.4, 0.5) is 0 Å². The van der Waals surface area contributed by atoms with E-state index in [9.17, 15) is 4.79 Å². The Morgan fingerprint density at radius 1 is 1.39 bits per heavy atom. The first kappa shape index (κ1) is 13.3. The average Bonchev–Trinajstić information content (AvgIpc) is 2.31. The second-order valence-corrected chi connectivity index (χ2v) is 5.41. The molecule has 0 bridgehead atoms. The molecule has 0 amide bonds. The van der Waals surface area contributed by atoms with Crippen LogP contribution in [0.25, 0.3) is 0 Å². The maximum absolute atomic E-state index is 12.1. The second kappa shape index (κ2) is 5.70. The van der Waals surface area contributed by atoms with Gasteiger partial charge in [0.25, 0.3) is 0 Å². The summed E-state index contributed by atoms with van der Waals surface area (Å²) in [5.74, 6) is 0.155. The fourth-order valence-electron chi connectivity index (χ4n) is 2.41. The summed E-state index contributed by atoms with van der Waals surface area (Å²) < 4.78 is 5.57. The number of rotatable bonds is 2. The van der Waals surface area contributed by atoms with Crippen LogP contribution in [0.15, 0.2) is 12.1 Å². The van der Waals surface area contributed by atoms with E-state index in [1.807, 2.05) is 6.92 Å². The van der Waals surface area contributed by atoms with Crippen LogP contribution in [0.3, 0.4) is 0 Å². The molecular formula is C14H18ClNO2. The summed E-state index contributed by atoms with van der Waals surface area (Å²) in [5.41, 5.74) is 1.22. The van der Waals surface area contributed by atoms with E-state index in [0.717, 1.165) is 25.0 Å². The van der Waals surface area contributed by atoms with Gasteiger partial charge in [-0.25, -0.2) is 9.78 Å². The van der Waals surface area contributed by atoms with Gasteiger partial charge in [-0.3, -0.25) is 0 Å². The van der Waals surface area contributed by atoms with Crippen molar-refractivity contribution in [1.29, 1.82) is 0 Å². The third-order valence-corrected chi connectivity index (χ3v) is 3.64. The summed E-state index contributed by atoms with van der Waals surface area (Å²) in [5, 5.41) is 0.332. The molecule has 1 aromatic heterocycles. The zero-order valence-corrected chi connectivity index (χ0v) is 11.5. The molecule has 0 N–H and O–H groups in total. The number of esters is 1. The van der Waals surface area contributed by atoms with Gasteiger partial charge in [0.1, 0.15) is 11.3 Å². The molecule has 0 saturated heterocycles. The smallest absolute Gasteiger partial charge is 0.338 e. The Labute approximate surface area is 113 Å². The molecule has 4 heteroatoms. The largest absolute Gasteiger partial charge is 0.458 e. The van der Waals surface area contributed by atoms with E-state index in [4.69, 9.17) is 16.3 Å². The Balaban J connectivity index is 2.06. The summed E-state index contributed by atoms with van der Waals surface area (Å²) in [6.07, 6.45) is 4.51. The minimum absolute atomic E-state index is 0.0403. The molecule has 2 rings (SSSR count). The summed E-state index contributed by atoms with van der Waals surface area (Å²) in [4.78, 5) is 16.1. The highest BCUT2D eigenvalue weighted by molar-refractivity contribution is 6.29. The van der Waals surface area contributed by atoms with Crippen molar-refractivity contribution in [3.8, 4) is 0 Å². The molecule has 0 spiro atoms. The van der Waals surface area contributed by atoms with Crippen LogP contribution in [0.2, 0.25) is 5.15 Å². The molecule has 1 aromatic rings. The lowest BCUT2D eigenvalue weighted by molar-refractivity contribution is 0.00479. The maximum atomic E-state index is 12.1. The average molecular weight is 268 g/mol. The molecule has 0 radical (unpaired) electrons. The lowest BCUT2D eigenvalue weighted by Gasteiger charge is -2.28. The second-order valence-electron chi connectivity index (χ2n) is 5.03. The van der Waals surface area contributed by atoms with Gasteiger partial charge in [-0.2, -0.15) is 0 Å². The fraction of sp³-hybridized carbons (Fsp3) is 0.571. The van der Waals surface area contributed by atoms with Gasteiger partial charge in [0, 0.05) is 5.69 Å². The molecule has 1 aliphatic carbocycles. The quantitative estimate of drug-likeness (QED) is 0.605. The van der Waals surface area contributed by atoms with Crippen LogP contribution in [0.5, 0.6) is 0 Å². The van der Waals surface area contributed by atoms with Crippen molar-refractivity contribution in [3.05, 3.63) is 28.5 Å². The number of ether oxygens (including phenoxy) is 1. The predicted molar refractivity (Wildman–Crippen MR) is 70.8 cm³/mol. The van der Waals surface area contributed by atoms with E-state index in [1.54, 1.807) is 12.1 Å². The number of pyridine rings is 1. The topological polar surface area (TPSA) is 39.2 Å². The fourth-order valence-corrected chi connectivity index (χ4v) is 2.66. The van der Waals surface area contributed by atoms with Crippen molar-refractivity contribution in [3.63, 3.8) is 0 Å². The summed E-state index contributed by atoms with van der Waals surface area (Å²) in [7, 11) is 0.